The van der Waals surface area contributed by atoms with Crippen molar-refractivity contribution < 1.29 is 9.84 Å². The summed E-state index contributed by atoms with van der Waals surface area (Å²) in [5, 5.41) is 8.81. The van der Waals surface area contributed by atoms with Gasteiger partial charge < -0.3 is 9.84 Å². The topological polar surface area (TPSA) is 29.5 Å². The van der Waals surface area contributed by atoms with E-state index in [0.717, 1.165) is 24.2 Å². The van der Waals surface area contributed by atoms with Gasteiger partial charge in [-0.2, -0.15) is 0 Å². The van der Waals surface area contributed by atoms with E-state index in [9.17, 15) is 0 Å². The maximum Gasteiger partial charge on any atom is 0.0716 e. The number of aliphatic hydroxyl groups excluding tert-OH is 1. The first-order valence-electron chi connectivity index (χ1n) is 4.63. The van der Waals surface area contributed by atoms with Gasteiger partial charge in [0.15, 0.2) is 0 Å². The summed E-state index contributed by atoms with van der Waals surface area (Å²) in [6.45, 7) is 3.67. The van der Waals surface area contributed by atoms with Crippen LogP contribution in [0.1, 0.15) is 24.5 Å². The molecule has 0 fully saturated rings. The molecule has 2 heteroatoms. The minimum atomic E-state index is 0.107. The Labute approximate surface area is 79.2 Å². The molecule has 0 saturated carbocycles. The average molecular weight is 180 g/mol. The van der Waals surface area contributed by atoms with Crippen LogP contribution >= 0.6 is 0 Å². The van der Waals surface area contributed by atoms with Gasteiger partial charge in [-0.25, -0.2) is 0 Å². The molecule has 0 radical (unpaired) electrons. The molecule has 0 aliphatic rings. The summed E-state index contributed by atoms with van der Waals surface area (Å²) in [7, 11) is 0. The van der Waals surface area contributed by atoms with E-state index in [1.165, 1.54) is 0 Å². The molecule has 1 rings (SSSR count). The Morgan fingerprint density at radius 1 is 1.15 bits per heavy atom. The molecule has 1 N–H and O–H groups in total. The normalized spacial score (nSPS) is 10.3. The third kappa shape index (κ3) is 3.57. The van der Waals surface area contributed by atoms with Gasteiger partial charge in [-0.3, -0.25) is 0 Å². The third-order valence-electron chi connectivity index (χ3n) is 1.82. The molecule has 0 heterocycles. The van der Waals surface area contributed by atoms with Crippen LogP contribution in [-0.2, 0) is 18.0 Å². The number of hydrogen-bond acceptors (Lipinski definition) is 2. The van der Waals surface area contributed by atoms with Crippen molar-refractivity contribution in [2.75, 3.05) is 6.61 Å². The lowest BCUT2D eigenvalue weighted by Crippen LogP contribution is -1.94. The highest BCUT2D eigenvalue weighted by Gasteiger charge is 1.93. The molecule has 1 aromatic carbocycles. The van der Waals surface area contributed by atoms with Crippen LogP contribution in [0.15, 0.2) is 24.3 Å². The van der Waals surface area contributed by atoms with E-state index in [1.807, 2.05) is 24.3 Å². The Morgan fingerprint density at radius 2 is 1.77 bits per heavy atom. The van der Waals surface area contributed by atoms with E-state index in [0.29, 0.717) is 6.61 Å². The monoisotopic (exact) mass is 180 g/mol. The highest BCUT2D eigenvalue weighted by Crippen LogP contribution is 2.05. The fourth-order valence-electron chi connectivity index (χ4n) is 1.08. The van der Waals surface area contributed by atoms with E-state index in [4.69, 9.17) is 9.84 Å². The summed E-state index contributed by atoms with van der Waals surface area (Å²) in [6.07, 6.45) is 1.05. The predicted octanol–water partition coefficient (Wildman–Crippen LogP) is 2.11. The van der Waals surface area contributed by atoms with Gasteiger partial charge >= 0.3 is 0 Å². The van der Waals surface area contributed by atoms with E-state index in [-0.39, 0.29) is 6.61 Å². The smallest absolute Gasteiger partial charge is 0.0716 e. The minimum absolute atomic E-state index is 0.107. The predicted molar refractivity (Wildman–Crippen MR) is 52.3 cm³/mol. The Bertz CT molecular complexity index is 228. The molecule has 0 bridgehead atoms. The number of rotatable bonds is 5. The number of benzene rings is 1. The van der Waals surface area contributed by atoms with Gasteiger partial charge in [0.25, 0.3) is 0 Å². The number of aliphatic hydroxyl groups is 1. The highest BCUT2D eigenvalue weighted by molar-refractivity contribution is 5.21. The van der Waals surface area contributed by atoms with Crippen LogP contribution in [0.2, 0.25) is 0 Å². The molecule has 72 valence electrons. The zero-order valence-electron chi connectivity index (χ0n) is 7.99. The zero-order chi connectivity index (χ0) is 9.52. The van der Waals surface area contributed by atoms with Crippen LogP contribution in [0.25, 0.3) is 0 Å². The quantitative estimate of drug-likeness (QED) is 0.703. The number of hydrogen-bond donors (Lipinski definition) is 1. The lowest BCUT2D eigenvalue weighted by molar-refractivity contribution is 0.121. The summed E-state index contributed by atoms with van der Waals surface area (Å²) in [6, 6.07) is 7.82. The van der Waals surface area contributed by atoms with Crippen molar-refractivity contribution in [2.45, 2.75) is 26.6 Å². The van der Waals surface area contributed by atoms with Crippen LogP contribution in [0, 0.1) is 0 Å². The van der Waals surface area contributed by atoms with E-state index >= 15 is 0 Å². The number of ether oxygens (including phenoxy) is 1. The largest absolute Gasteiger partial charge is 0.392 e. The van der Waals surface area contributed by atoms with Crippen LogP contribution in [-0.4, -0.2) is 11.7 Å². The molecule has 0 saturated heterocycles. The molecule has 0 amide bonds. The van der Waals surface area contributed by atoms with Crippen molar-refractivity contribution >= 4 is 0 Å². The maximum absolute atomic E-state index is 8.81. The zero-order valence-corrected chi connectivity index (χ0v) is 7.99. The van der Waals surface area contributed by atoms with Crippen molar-refractivity contribution in [1.29, 1.82) is 0 Å². The minimum Gasteiger partial charge on any atom is -0.392 e. The van der Waals surface area contributed by atoms with Crippen molar-refractivity contribution in [3.05, 3.63) is 35.4 Å². The molecule has 0 unspecified atom stereocenters. The first-order chi connectivity index (χ1) is 6.36. The first-order valence-corrected chi connectivity index (χ1v) is 4.63. The van der Waals surface area contributed by atoms with Crippen molar-refractivity contribution in [2.24, 2.45) is 0 Å². The fraction of sp³-hybridized carbons (Fsp3) is 0.455. The van der Waals surface area contributed by atoms with Crippen molar-refractivity contribution in [1.82, 2.24) is 0 Å². The molecule has 0 aliphatic heterocycles. The van der Waals surface area contributed by atoms with Gasteiger partial charge in [0.2, 0.25) is 0 Å². The van der Waals surface area contributed by atoms with Crippen LogP contribution < -0.4 is 0 Å². The molecule has 1 aromatic rings. The SMILES string of the molecule is CCCOCc1ccc(CO)cc1. The van der Waals surface area contributed by atoms with Gasteiger partial charge in [0.05, 0.1) is 13.2 Å². The second kappa shape index (κ2) is 5.73. The molecule has 0 aliphatic carbocycles. The van der Waals surface area contributed by atoms with Crippen LogP contribution in [0.3, 0.4) is 0 Å². The lowest BCUT2D eigenvalue weighted by atomic mass is 10.1. The summed E-state index contributed by atoms with van der Waals surface area (Å²) in [5.74, 6) is 0. The lowest BCUT2D eigenvalue weighted by Gasteiger charge is -2.03. The van der Waals surface area contributed by atoms with Gasteiger partial charge in [0, 0.05) is 6.61 Å². The van der Waals surface area contributed by atoms with Gasteiger partial charge in [-0.15, -0.1) is 0 Å². The second-order valence-electron chi connectivity index (χ2n) is 3.03. The van der Waals surface area contributed by atoms with Crippen LogP contribution in [0.5, 0.6) is 0 Å². The van der Waals surface area contributed by atoms with E-state index < -0.39 is 0 Å². The molecule has 13 heavy (non-hydrogen) atoms. The Balaban J connectivity index is 2.40. The first kappa shape index (κ1) is 10.2. The maximum atomic E-state index is 8.81. The molecule has 0 atom stereocenters. The molecule has 2 nitrogen and oxygen atoms in total. The summed E-state index contributed by atoms with van der Waals surface area (Å²) in [5.41, 5.74) is 2.10. The Kier molecular flexibility index (Phi) is 4.50. The Hall–Kier alpha value is -0.860. The standard InChI is InChI=1S/C11H16O2/c1-2-7-13-9-11-5-3-10(8-12)4-6-11/h3-6,12H,2,7-9H2,1H3. The Morgan fingerprint density at radius 3 is 2.31 bits per heavy atom. The molecular weight excluding hydrogens is 164 g/mol. The summed E-state index contributed by atoms with van der Waals surface area (Å²) >= 11 is 0. The molecular formula is C11H16O2. The van der Waals surface area contributed by atoms with Crippen LogP contribution in [0.4, 0.5) is 0 Å². The summed E-state index contributed by atoms with van der Waals surface area (Å²) in [4.78, 5) is 0. The molecule has 0 spiro atoms. The van der Waals surface area contributed by atoms with Crippen molar-refractivity contribution in [3.63, 3.8) is 0 Å². The third-order valence-corrected chi connectivity index (χ3v) is 1.82. The fourth-order valence-corrected chi connectivity index (χ4v) is 1.08. The second-order valence-corrected chi connectivity index (χ2v) is 3.03. The average Bonchev–Trinajstić information content (AvgIpc) is 2.19. The van der Waals surface area contributed by atoms with E-state index in [2.05, 4.69) is 6.92 Å². The van der Waals surface area contributed by atoms with Gasteiger partial charge in [0.1, 0.15) is 0 Å². The highest BCUT2D eigenvalue weighted by atomic mass is 16.5. The van der Waals surface area contributed by atoms with Gasteiger partial charge in [-0.05, 0) is 17.5 Å². The van der Waals surface area contributed by atoms with E-state index in [1.54, 1.807) is 0 Å². The molecule has 0 aromatic heterocycles. The van der Waals surface area contributed by atoms with Crippen molar-refractivity contribution in [3.8, 4) is 0 Å². The van der Waals surface area contributed by atoms with Gasteiger partial charge in [-0.1, -0.05) is 31.2 Å². The summed E-state index contributed by atoms with van der Waals surface area (Å²) < 4.78 is 5.38.